The van der Waals surface area contributed by atoms with E-state index in [1.165, 1.54) is 6.20 Å². The van der Waals surface area contributed by atoms with Crippen LogP contribution in [0.15, 0.2) is 29.2 Å². The van der Waals surface area contributed by atoms with Crippen molar-refractivity contribution in [3.63, 3.8) is 0 Å². The van der Waals surface area contributed by atoms with Crippen LogP contribution in [-0.4, -0.2) is 21.0 Å². The maximum Gasteiger partial charge on any atom is 0.303 e. The summed E-state index contributed by atoms with van der Waals surface area (Å²) in [5, 5.41) is 8.63. The second-order valence-electron chi connectivity index (χ2n) is 5.14. The first-order valence-corrected chi connectivity index (χ1v) is 6.94. The number of aromatic amines is 1. The Morgan fingerprint density at radius 1 is 1.36 bits per heavy atom. The first kappa shape index (κ1) is 15.8. The van der Waals surface area contributed by atoms with Gasteiger partial charge >= 0.3 is 5.97 Å². The lowest BCUT2D eigenvalue weighted by molar-refractivity contribution is -0.136. The molecule has 0 saturated heterocycles. The third-order valence-corrected chi connectivity index (χ3v) is 3.24. The first-order chi connectivity index (χ1) is 10.5. The number of benzene rings is 1. The van der Waals surface area contributed by atoms with Gasteiger partial charge in [-0.1, -0.05) is 12.1 Å². The van der Waals surface area contributed by atoms with Gasteiger partial charge in [0.2, 0.25) is 0 Å². The standard InChI is InChI=1S/C16H18N2O4/c1-10-3-4-11(2)13(7-10)22-9-14-17-8-12(16(21)18-14)5-6-15(19)20/h3-4,7-8H,5-6,9H2,1-2H3,(H,19,20)(H,17,18,21). The van der Waals surface area contributed by atoms with Gasteiger partial charge in [-0.2, -0.15) is 0 Å². The number of H-pyrrole nitrogens is 1. The van der Waals surface area contributed by atoms with Crippen LogP contribution < -0.4 is 10.3 Å². The van der Waals surface area contributed by atoms with Gasteiger partial charge in [-0.3, -0.25) is 9.59 Å². The fourth-order valence-electron chi connectivity index (χ4n) is 1.96. The molecular formula is C16H18N2O4. The molecule has 1 aromatic heterocycles. The lowest BCUT2D eigenvalue weighted by Gasteiger charge is -2.09. The summed E-state index contributed by atoms with van der Waals surface area (Å²) in [7, 11) is 0. The quantitative estimate of drug-likeness (QED) is 0.851. The molecule has 0 radical (unpaired) electrons. The smallest absolute Gasteiger partial charge is 0.303 e. The number of rotatable bonds is 6. The SMILES string of the molecule is Cc1ccc(C)c(OCc2ncc(CCC(=O)O)c(=O)[nH]2)c1. The van der Waals surface area contributed by atoms with Crippen LogP contribution in [0.5, 0.6) is 5.75 Å². The third-order valence-electron chi connectivity index (χ3n) is 3.24. The number of carboxylic acid groups (broad SMARTS) is 1. The Labute approximate surface area is 127 Å². The Bertz CT molecular complexity index is 737. The van der Waals surface area contributed by atoms with Gasteiger partial charge < -0.3 is 14.8 Å². The van der Waals surface area contributed by atoms with Gasteiger partial charge in [0.1, 0.15) is 18.2 Å². The molecule has 2 rings (SSSR count). The maximum absolute atomic E-state index is 11.8. The monoisotopic (exact) mass is 302 g/mol. The number of nitrogens with one attached hydrogen (secondary N) is 1. The average molecular weight is 302 g/mol. The van der Waals surface area contributed by atoms with Crippen LogP contribution in [0.2, 0.25) is 0 Å². The number of aromatic nitrogens is 2. The Kier molecular flexibility index (Phi) is 4.93. The molecule has 6 nitrogen and oxygen atoms in total. The fraction of sp³-hybridized carbons (Fsp3) is 0.312. The Balaban J connectivity index is 2.04. The first-order valence-electron chi connectivity index (χ1n) is 6.94. The average Bonchev–Trinajstić information content (AvgIpc) is 2.47. The van der Waals surface area contributed by atoms with Crippen molar-refractivity contribution in [2.45, 2.75) is 33.3 Å². The van der Waals surface area contributed by atoms with Crippen molar-refractivity contribution in [3.8, 4) is 5.75 Å². The van der Waals surface area contributed by atoms with Gasteiger partial charge in [-0.05, 0) is 37.5 Å². The molecule has 116 valence electrons. The molecule has 0 fully saturated rings. The molecule has 0 aliphatic carbocycles. The number of ether oxygens (including phenoxy) is 1. The number of hydrogen-bond donors (Lipinski definition) is 2. The summed E-state index contributed by atoms with van der Waals surface area (Å²) in [6.07, 6.45) is 1.47. The van der Waals surface area contributed by atoms with E-state index in [0.717, 1.165) is 16.9 Å². The summed E-state index contributed by atoms with van der Waals surface area (Å²) in [5.74, 6) is 0.212. The zero-order chi connectivity index (χ0) is 16.1. The number of aliphatic carboxylic acids is 1. The topological polar surface area (TPSA) is 92.3 Å². The van der Waals surface area contributed by atoms with Crippen molar-refractivity contribution in [1.29, 1.82) is 0 Å². The Hall–Kier alpha value is -2.63. The molecule has 1 aromatic carbocycles. The summed E-state index contributed by atoms with van der Waals surface area (Å²) in [5.41, 5.74) is 2.13. The number of carboxylic acids is 1. The molecular weight excluding hydrogens is 284 g/mol. The minimum atomic E-state index is -0.943. The number of hydrogen-bond acceptors (Lipinski definition) is 4. The minimum absolute atomic E-state index is 0.0942. The molecule has 1 heterocycles. The number of carbonyl (C=O) groups is 1. The van der Waals surface area contributed by atoms with Crippen molar-refractivity contribution >= 4 is 5.97 Å². The van der Waals surface area contributed by atoms with E-state index in [9.17, 15) is 9.59 Å². The van der Waals surface area contributed by atoms with Crippen LogP contribution in [-0.2, 0) is 17.8 Å². The summed E-state index contributed by atoms with van der Waals surface area (Å²) < 4.78 is 5.67. The Morgan fingerprint density at radius 2 is 2.14 bits per heavy atom. The molecule has 0 unspecified atom stereocenters. The normalized spacial score (nSPS) is 10.5. The van der Waals surface area contributed by atoms with Gasteiger partial charge in [-0.25, -0.2) is 4.98 Å². The fourth-order valence-corrected chi connectivity index (χ4v) is 1.96. The van der Waals surface area contributed by atoms with Crippen LogP contribution in [0.4, 0.5) is 0 Å². The van der Waals surface area contributed by atoms with Gasteiger partial charge in [-0.15, -0.1) is 0 Å². The molecule has 6 heteroatoms. The molecule has 0 amide bonds. The van der Waals surface area contributed by atoms with Crippen LogP contribution in [0.1, 0.15) is 28.9 Å². The predicted molar refractivity (Wildman–Crippen MR) is 81.1 cm³/mol. The number of aryl methyl sites for hydroxylation is 3. The van der Waals surface area contributed by atoms with Gasteiger partial charge in [0.05, 0.1) is 0 Å². The molecule has 0 spiro atoms. The van der Waals surface area contributed by atoms with Crippen LogP contribution >= 0.6 is 0 Å². The summed E-state index contributed by atoms with van der Waals surface area (Å²) in [6, 6.07) is 5.89. The minimum Gasteiger partial charge on any atom is -0.485 e. The summed E-state index contributed by atoms with van der Waals surface area (Å²) >= 11 is 0. The van der Waals surface area contributed by atoms with Crippen molar-refractivity contribution in [3.05, 3.63) is 57.3 Å². The van der Waals surface area contributed by atoms with Gasteiger partial charge in [0.25, 0.3) is 5.56 Å². The number of nitrogens with zero attached hydrogens (tertiary/aromatic N) is 1. The van der Waals surface area contributed by atoms with Crippen molar-refractivity contribution < 1.29 is 14.6 Å². The highest BCUT2D eigenvalue weighted by Crippen LogP contribution is 2.19. The zero-order valence-electron chi connectivity index (χ0n) is 12.5. The molecule has 2 N–H and O–H groups in total. The highest BCUT2D eigenvalue weighted by atomic mass is 16.5. The van der Waals surface area contributed by atoms with Gasteiger partial charge in [0.15, 0.2) is 0 Å². The van der Waals surface area contributed by atoms with Crippen LogP contribution in [0.3, 0.4) is 0 Å². The molecule has 0 saturated carbocycles. The van der Waals surface area contributed by atoms with E-state index in [-0.39, 0.29) is 25.0 Å². The molecule has 22 heavy (non-hydrogen) atoms. The molecule has 0 aliphatic rings. The van der Waals surface area contributed by atoms with Crippen molar-refractivity contribution in [1.82, 2.24) is 9.97 Å². The maximum atomic E-state index is 11.8. The molecule has 0 atom stereocenters. The largest absolute Gasteiger partial charge is 0.485 e. The van der Waals surface area contributed by atoms with E-state index in [1.807, 2.05) is 32.0 Å². The Morgan fingerprint density at radius 3 is 2.82 bits per heavy atom. The van der Waals surface area contributed by atoms with E-state index >= 15 is 0 Å². The van der Waals surface area contributed by atoms with Crippen molar-refractivity contribution in [2.24, 2.45) is 0 Å². The predicted octanol–water partition coefficient (Wildman–Crippen LogP) is 1.98. The second kappa shape index (κ2) is 6.89. The lowest BCUT2D eigenvalue weighted by atomic mass is 10.1. The second-order valence-corrected chi connectivity index (χ2v) is 5.14. The summed E-state index contributed by atoms with van der Waals surface area (Å²) in [6.45, 7) is 4.07. The molecule has 0 bridgehead atoms. The van der Waals surface area contributed by atoms with E-state index in [2.05, 4.69) is 9.97 Å². The van der Waals surface area contributed by atoms with Gasteiger partial charge in [0, 0.05) is 18.2 Å². The van der Waals surface area contributed by atoms with Crippen molar-refractivity contribution in [2.75, 3.05) is 0 Å². The van der Waals surface area contributed by atoms with Crippen LogP contribution in [0.25, 0.3) is 0 Å². The van der Waals surface area contributed by atoms with Crippen LogP contribution in [0, 0.1) is 13.8 Å². The molecule has 2 aromatic rings. The van der Waals surface area contributed by atoms with E-state index in [4.69, 9.17) is 9.84 Å². The third kappa shape index (κ3) is 4.18. The molecule has 0 aliphatic heterocycles. The highest BCUT2D eigenvalue weighted by Gasteiger charge is 2.07. The zero-order valence-corrected chi connectivity index (χ0v) is 12.5. The summed E-state index contributed by atoms with van der Waals surface area (Å²) in [4.78, 5) is 29.1. The lowest BCUT2D eigenvalue weighted by Crippen LogP contribution is -2.18. The van der Waals surface area contributed by atoms with E-state index in [1.54, 1.807) is 0 Å². The van der Waals surface area contributed by atoms with E-state index < -0.39 is 5.97 Å². The highest BCUT2D eigenvalue weighted by molar-refractivity contribution is 5.67. The van der Waals surface area contributed by atoms with E-state index in [0.29, 0.717) is 11.4 Å².